The molecule has 7 nitrogen and oxygen atoms in total. The van der Waals surface area contributed by atoms with E-state index in [2.05, 4.69) is 26.6 Å². The van der Waals surface area contributed by atoms with E-state index < -0.39 is 0 Å². The van der Waals surface area contributed by atoms with E-state index in [9.17, 15) is 4.79 Å². The van der Waals surface area contributed by atoms with Crippen LogP contribution in [-0.2, 0) is 17.9 Å². The smallest absolute Gasteiger partial charge is 0.220 e. The van der Waals surface area contributed by atoms with Crippen LogP contribution in [0.3, 0.4) is 0 Å². The summed E-state index contributed by atoms with van der Waals surface area (Å²) in [6.07, 6.45) is 7.57. The number of amides is 1. The lowest BCUT2D eigenvalue weighted by Gasteiger charge is -2.46. The third-order valence-electron chi connectivity index (χ3n) is 6.89. The van der Waals surface area contributed by atoms with Crippen LogP contribution in [0.2, 0.25) is 0 Å². The third kappa shape index (κ3) is 6.24. The van der Waals surface area contributed by atoms with Gasteiger partial charge in [0.25, 0.3) is 0 Å². The average Bonchev–Trinajstić information content (AvgIpc) is 2.84. The first kappa shape index (κ1) is 23.5. The minimum atomic E-state index is 0.0791. The number of benzene rings is 1. The molecule has 178 valence electrons. The maximum absolute atomic E-state index is 12.5. The van der Waals surface area contributed by atoms with Crippen molar-refractivity contribution >= 4 is 5.91 Å². The Morgan fingerprint density at radius 1 is 1.21 bits per heavy atom. The second-order valence-electron chi connectivity index (χ2n) is 9.25. The summed E-state index contributed by atoms with van der Waals surface area (Å²) in [5.41, 5.74) is 2.20. The summed E-state index contributed by atoms with van der Waals surface area (Å²) in [6, 6.07) is 10.4. The van der Waals surface area contributed by atoms with Crippen molar-refractivity contribution in [3.05, 3.63) is 53.9 Å². The number of nitrogens with one attached hydrogen (secondary N) is 2. The van der Waals surface area contributed by atoms with E-state index in [-0.39, 0.29) is 5.91 Å². The molecule has 33 heavy (non-hydrogen) atoms. The fourth-order valence-electron chi connectivity index (χ4n) is 5.35. The van der Waals surface area contributed by atoms with Gasteiger partial charge in [-0.1, -0.05) is 18.2 Å². The lowest BCUT2D eigenvalue weighted by molar-refractivity contribution is -0.121. The molecule has 2 aromatic rings. The van der Waals surface area contributed by atoms with Gasteiger partial charge in [-0.05, 0) is 55.3 Å². The zero-order chi connectivity index (χ0) is 23.0. The molecule has 2 N–H and O–H groups in total. The zero-order valence-electron chi connectivity index (χ0n) is 19.8. The van der Waals surface area contributed by atoms with E-state index in [1.807, 2.05) is 36.7 Å². The Bertz CT molecular complexity index is 908. The van der Waals surface area contributed by atoms with E-state index in [0.29, 0.717) is 36.4 Å². The Morgan fingerprint density at radius 2 is 2.12 bits per heavy atom. The molecule has 3 atom stereocenters. The van der Waals surface area contributed by atoms with Crippen molar-refractivity contribution in [3.63, 3.8) is 0 Å². The molecular weight excluding hydrogens is 416 g/mol. The molecule has 1 aromatic carbocycles. The number of piperidine rings is 2. The largest absolute Gasteiger partial charge is 0.493 e. The summed E-state index contributed by atoms with van der Waals surface area (Å²) in [6.45, 7) is 4.76. The molecule has 2 aliphatic rings. The number of methoxy groups -OCH3 is 2. The molecule has 0 aliphatic carbocycles. The summed E-state index contributed by atoms with van der Waals surface area (Å²) in [7, 11) is 3.24. The lowest BCUT2D eigenvalue weighted by atomic mass is 9.79. The van der Waals surface area contributed by atoms with Crippen LogP contribution in [0.15, 0.2) is 42.7 Å². The molecular formula is C26H36N4O3. The SMILES string of the molecule is COc1cccc(CNC(=O)CCC[C@H]2NCC3CC2CN(Cc2cccnc2)C3)c1OC. The van der Waals surface area contributed by atoms with E-state index in [4.69, 9.17) is 9.47 Å². The van der Waals surface area contributed by atoms with Crippen LogP contribution in [0, 0.1) is 11.8 Å². The number of pyridine rings is 1. The predicted octanol–water partition coefficient (Wildman–Crippen LogP) is 3.00. The number of likely N-dealkylation sites (tertiary alicyclic amines) is 1. The van der Waals surface area contributed by atoms with Crippen molar-refractivity contribution in [1.82, 2.24) is 20.5 Å². The number of para-hydroxylation sites is 1. The molecule has 0 saturated carbocycles. The van der Waals surface area contributed by atoms with Gasteiger partial charge in [0.05, 0.1) is 14.2 Å². The van der Waals surface area contributed by atoms with Gasteiger partial charge in [0.15, 0.2) is 11.5 Å². The Balaban J connectivity index is 1.21. The number of carbonyl (C=O) groups is 1. The Labute approximate surface area is 196 Å². The first-order valence-electron chi connectivity index (χ1n) is 12.0. The van der Waals surface area contributed by atoms with Crippen LogP contribution in [0.1, 0.15) is 36.8 Å². The number of nitrogens with zero attached hydrogens (tertiary/aromatic N) is 2. The van der Waals surface area contributed by atoms with Crippen LogP contribution >= 0.6 is 0 Å². The molecule has 2 aliphatic heterocycles. The van der Waals surface area contributed by atoms with Crippen LogP contribution < -0.4 is 20.1 Å². The summed E-state index contributed by atoms with van der Waals surface area (Å²) >= 11 is 0. The monoisotopic (exact) mass is 452 g/mol. The standard InChI is InChI=1S/C26H36N4O3/c1-32-24-9-3-7-21(26(24)33-2)15-29-25(31)10-4-8-23-22-12-20(14-28-23)17-30(18-22)16-19-6-5-11-27-13-19/h3,5-7,9,11,13,20,22-23,28H,4,8,10,12,14-18H2,1-2H3,(H,29,31)/t20?,22?,23-/m1/s1. The second kappa shape index (κ2) is 11.5. The van der Waals surface area contributed by atoms with E-state index in [1.165, 1.54) is 12.0 Å². The van der Waals surface area contributed by atoms with Crippen molar-refractivity contribution in [2.45, 2.75) is 44.8 Å². The van der Waals surface area contributed by atoms with Gasteiger partial charge in [-0.25, -0.2) is 0 Å². The Kier molecular flexibility index (Phi) is 8.18. The Morgan fingerprint density at radius 3 is 2.91 bits per heavy atom. The Hall–Kier alpha value is -2.64. The van der Waals surface area contributed by atoms with Crippen LogP contribution in [0.4, 0.5) is 0 Å². The topological polar surface area (TPSA) is 75.7 Å². The number of ether oxygens (including phenoxy) is 2. The lowest BCUT2D eigenvalue weighted by Crippen LogP contribution is -2.55. The predicted molar refractivity (Wildman–Crippen MR) is 128 cm³/mol. The normalized spacial score (nSPS) is 22.5. The molecule has 7 heteroatoms. The molecule has 2 fully saturated rings. The zero-order valence-corrected chi connectivity index (χ0v) is 19.8. The highest BCUT2D eigenvalue weighted by Crippen LogP contribution is 2.32. The van der Waals surface area contributed by atoms with Crippen molar-refractivity contribution in [2.24, 2.45) is 11.8 Å². The number of hydrogen-bond donors (Lipinski definition) is 2. The summed E-state index contributed by atoms with van der Waals surface area (Å²) in [4.78, 5) is 19.3. The summed E-state index contributed by atoms with van der Waals surface area (Å²) in [5, 5.41) is 6.80. The van der Waals surface area contributed by atoms with Crippen molar-refractivity contribution < 1.29 is 14.3 Å². The number of hydrogen-bond acceptors (Lipinski definition) is 6. The van der Waals surface area contributed by atoms with Gasteiger partial charge < -0.3 is 20.1 Å². The molecule has 2 bridgehead atoms. The van der Waals surface area contributed by atoms with Gasteiger partial charge in [-0.15, -0.1) is 0 Å². The van der Waals surface area contributed by atoms with Crippen LogP contribution in [0.5, 0.6) is 11.5 Å². The second-order valence-corrected chi connectivity index (χ2v) is 9.25. The van der Waals surface area contributed by atoms with E-state index in [1.54, 1.807) is 14.2 Å². The maximum atomic E-state index is 12.5. The van der Waals surface area contributed by atoms with Gasteiger partial charge >= 0.3 is 0 Å². The summed E-state index contributed by atoms with van der Waals surface area (Å²) < 4.78 is 10.8. The first-order chi connectivity index (χ1) is 16.2. The van der Waals surface area contributed by atoms with E-state index in [0.717, 1.165) is 50.5 Å². The van der Waals surface area contributed by atoms with Gasteiger partial charge in [0, 0.05) is 56.6 Å². The highest BCUT2D eigenvalue weighted by molar-refractivity contribution is 5.76. The van der Waals surface area contributed by atoms with Crippen molar-refractivity contribution in [1.29, 1.82) is 0 Å². The van der Waals surface area contributed by atoms with Gasteiger partial charge in [0.1, 0.15) is 0 Å². The molecule has 1 aromatic heterocycles. The first-order valence-corrected chi connectivity index (χ1v) is 12.0. The molecule has 3 heterocycles. The molecule has 4 rings (SSSR count). The minimum absolute atomic E-state index is 0.0791. The van der Waals surface area contributed by atoms with Gasteiger partial charge in [0.2, 0.25) is 5.91 Å². The van der Waals surface area contributed by atoms with Crippen LogP contribution in [-0.4, -0.2) is 55.7 Å². The van der Waals surface area contributed by atoms with Gasteiger partial charge in [-0.3, -0.25) is 14.7 Å². The minimum Gasteiger partial charge on any atom is -0.493 e. The molecule has 2 unspecified atom stereocenters. The van der Waals surface area contributed by atoms with E-state index >= 15 is 0 Å². The number of rotatable bonds is 10. The molecule has 2 saturated heterocycles. The number of fused-ring (bicyclic) bond motifs is 2. The fraction of sp³-hybridized carbons (Fsp3) is 0.538. The van der Waals surface area contributed by atoms with Gasteiger partial charge in [-0.2, -0.15) is 0 Å². The number of carbonyl (C=O) groups excluding carboxylic acids is 1. The van der Waals surface area contributed by atoms with Crippen LogP contribution in [0.25, 0.3) is 0 Å². The van der Waals surface area contributed by atoms with Crippen molar-refractivity contribution in [2.75, 3.05) is 33.9 Å². The third-order valence-corrected chi connectivity index (χ3v) is 6.89. The molecule has 0 spiro atoms. The fourth-order valence-corrected chi connectivity index (χ4v) is 5.35. The highest BCUT2D eigenvalue weighted by Gasteiger charge is 2.36. The molecule has 1 amide bonds. The quantitative estimate of drug-likeness (QED) is 0.577. The maximum Gasteiger partial charge on any atom is 0.220 e. The molecule has 0 radical (unpaired) electrons. The number of aromatic nitrogens is 1. The summed E-state index contributed by atoms with van der Waals surface area (Å²) in [5.74, 6) is 2.80. The van der Waals surface area contributed by atoms with Crippen molar-refractivity contribution in [3.8, 4) is 11.5 Å². The highest BCUT2D eigenvalue weighted by atomic mass is 16.5. The average molecular weight is 453 g/mol.